The minimum Gasteiger partial charge on any atom is -0.389 e. The fraction of sp³-hybridized carbons (Fsp3) is 0.250. The first-order valence-corrected chi connectivity index (χ1v) is 4.52. The Morgan fingerprint density at radius 2 is 2.17 bits per heavy atom. The van der Waals surface area contributed by atoms with E-state index in [0.717, 1.165) is 0 Å². The molecule has 0 heterocycles. The molecule has 0 saturated heterocycles. The van der Waals surface area contributed by atoms with E-state index in [9.17, 15) is 4.39 Å². The van der Waals surface area contributed by atoms with Crippen LogP contribution in [0.4, 0.5) is 4.39 Å². The van der Waals surface area contributed by atoms with Crippen molar-refractivity contribution in [1.29, 1.82) is 0 Å². The molecule has 0 spiro atoms. The topological polar surface area (TPSA) is 20.2 Å². The molecule has 1 atom stereocenters. The molecule has 0 aliphatic carbocycles. The van der Waals surface area contributed by atoms with Gasteiger partial charge in [-0.25, -0.2) is 4.39 Å². The molecule has 4 heteroatoms. The van der Waals surface area contributed by atoms with Crippen LogP contribution in [0.25, 0.3) is 0 Å². The second-order valence-corrected chi connectivity index (χ2v) is 3.73. The van der Waals surface area contributed by atoms with Gasteiger partial charge in [0.25, 0.3) is 0 Å². The third-order valence-electron chi connectivity index (χ3n) is 1.49. The lowest BCUT2D eigenvalue weighted by molar-refractivity contribution is 0.194. The zero-order chi connectivity index (χ0) is 9.30. The van der Waals surface area contributed by atoms with Gasteiger partial charge < -0.3 is 5.11 Å². The van der Waals surface area contributed by atoms with Gasteiger partial charge >= 0.3 is 0 Å². The number of hydrogen-bond acceptors (Lipinski definition) is 1. The van der Waals surface area contributed by atoms with Crippen LogP contribution >= 0.6 is 27.5 Å². The van der Waals surface area contributed by atoms with Crippen LogP contribution in [-0.2, 0) is 0 Å². The number of hydrogen-bond donors (Lipinski definition) is 1. The summed E-state index contributed by atoms with van der Waals surface area (Å²) in [6.45, 7) is 1.50. The average molecular weight is 253 g/mol. The molecule has 1 aromatic carbocycles. The summed E-state index contributed by atoms with van der Waals surface area (Å²) in [7, 11) is 0. The molecule has 0 aromatic heterocycles. The second-order valence-electron chi connectivity index (χ2n) is 2.46. The Morgan fingerprint density at radius 3 is 2.67 bits per heavy atom. The molecule has 0 saturated carbocycles. The smallest absolute Gasteiger partial charge is 0.130 e. The molecule has 1 unspecified atom stereocenters. The summed E-state index contributed by atoms with van der Waals surface area (Å²) in [5, 5.41) is 9.42. The molecular weight excluding hydrogens is 246 g/mol. The van der Waals surface area contributed by atoms with Crippen molar-refractivity contribution in [3.8, 4) is 0 Å². The largest absolute Gasteiger partial charge is 0.389 e. The van der Waals surface area contributed by atoms with Crippen molar-refractivity contribution >= 4 is 27.5 Å². The van der Waals surface area contributed by atoms with Crippen LogP contribution in [0.15, 0.2) is 16.6 Å². The monoisotopic (exact) mass is 252 g/mol. The van der Waals surface area contributed by atoms with Crippen molar-refractivity contribution in [2.45, 2.75) is 13.0 Å². The fourth-order valence-corrected chi connectivity index (χ4v) is 1.37. The lowest BCUT2D eigenvalue weighted by Gasteiger charge is -2.07. The van der Waals surface area contributed by atoms with Crippen molar-refractivity contribution < 1.29 is 9.50 Å². The third kappa shape index (κ3) is 1.97. The Labute approximate surface area is 83.3 Å². The van der Waals surface area contributed by atoms with Crippen molar-refractivity contribution in [3.63, 3.8) is 0 Å². The molecule has 0 fully saturated rings. The number of benzene rings is 1. The summed E-state index contributed by atoms with van der Waals surface area (Å²) in [5.74, 6) is -0.488. The van der Waals surface area contributed by atoms with Gasteiger partial charge in [0.05, 0.1) is 11.1 Å². The normalized spacial score (nSPS) is 13.1. The first-order chi connectivity index (χ1) is 5.52. The summed E-state index contributed by atoms with van der Waals surface area (Å²) in [5.41, 5.74) is 0.242. The van der Waals surface area contributed by atoms with E-state index in [4.69, 9.17) is 16.7 Å². The molecule has 0 bridgehead atoms. The number of halogens is 3. The van der Waals surface area contributed by atoms with E-state index < -0.39 is 11.9 Å². The van der Waals surface area contributed by atoms with Gasteiger partial charge in [-0.3, -0.25) is 0 Å². The van der Waals surface area contributed by atoms with Crippen LogP contribution in [0.1, 0.15) is 18.6 Å². The maximum atomic E-state index is 13.0. The minimum absolute atomic E-state index is 0.242. The Bertz CT molecular complexity index is 301. The standard InChI is InChI=1S/C8H7BrClFO/c1-4(12)5-2-6(9)7(10)3-8(5)11/h2-4,12H,1H3. The van der Waals surface area contributed by atoms with E-state index in [0.29, 0.717) is 9.50 Å². The Balaban J connectivity index is 3.23. The van der Waals surface area contributed by atoms with Gasteiger partial charge in [0.15, 0.2) is 0 Å². The van der Waals surface area contributed by atoms with E-state index in [-0.39, 0.29) is 5.56 Å². The van der Waals surface area contributed by atoms with E-state index in [1.165, 1.54) is 19.1 Å². The predicted octanol–water partition coefficient (Wildman–Crippen LogP) is 3.29. The van der Waals surface area contributed by atoms with Crippen LogP contribution in [0.3, 0.4) is 0 Å². The summed E-state index contributed by atoms with van der Waals surface area (Å²) in [6, 6.07) is 2.65. The molecule has 1 aromatic rings. The van der Waals surface area contributed by atoms with Crippen LogP contribution in [-0.4, -0.2) is 5.11 Å². The Kier molecular flexibility index (Phi) is 3.09. The lowest BCUT2D eigenvalue weighted by atomic mass is 10.1. The molecule has 1 rings (SSSR count). The SMILES string of the molecule is CC(O)c1cc(Br)c(Cl)cc1F. The molecule has 0 radical (unpaired) electrons. The minimum atomic E-state index is -0.821. The predicted molar refractivity (Wildman–Crippen MR) is 49.7 cm³/mol. The first-order valence-electron chi connectivity index (χ1n) is 3.35. The Hall–Kier alpha value is -0.120. The molecule has 1 nitrogen and oxygen atoms in total. The number of aliphatic hydroxyl groups is 1. The molecule has 12 heavy (non-hydrogen) atoms. The van der Waals surface area contributed by atoms with Crippen molar-refractivity contribution in [3.05, 3.63) is 33.0 Å². The average Bonchev–Trinajstić information content (AvgIpc) is 1.96. The molecular formula is C8H7BrClFO. The fourth-order valence-electron chi connectivity index (χ4n) is 0.858. The molecule has 0 amide bonds. The molecule has 0 aliphatic rings. The van der Waals surface area contributed by atoms with Gasteiger partial charge in [0.2, 0.25) is 0 Å². The second kappa shape index (κ2) is 3.73. The van der Waals surface area contributed by atoms with Gasteiger partial charge in [-0.2, -0.15) is 0 Å². The van der Waals surface area contributed by atoms with E-state index in [2.05, 4.69) is 15.9 Å². The lowest BCUT2D eigenvalue weighted by Crippen LogP contribution is -1.95. The van der Waals surface area contributed by atoms with Crippen LogP contribution in [0, 0.1) is 5.82 Å². The third-order valence-corrected chi connectivity index (χ3v) is 2.69. The Morgan fingerprint density at radius 1 is 1.58 bits per heavy atom. The zero-order valence-electron chi connectivity index (χ0n) is 6.31. The number of rotatable bonds is 1. The maximum Gasteiger partial charge on any atom is 0.130 e. The van der Waals surface area contributed by atoms with Gasteiger partial charge in [-0.05, 0) is 35.0 Å². The summed E-state index contributed by atoms with van der Waals surface area (Å²) in [4.78, 5) is 0. The highest BCUT2D eigenvalue weighted by Gasteiger charge is 2.10. The highest BCUT2D eigenvalue weighted by molar-refractivity contribution is 9.10. The van der Waals surface area contributed by atoms with Gasteiger partial charge in [-0.1, -0.05) is 11.6 Å². The highest BCUT2D eigenvalue weighted by Crippen LogP contribution is 2.28. The van der Waals surface area contributed by atoms with Crippen LogP contribution in [0.5, 0.6) is 0 Å². The van der Waals surface area contributed by atoms with Crippen molar-refractivity contribution in [1.82, 2.24) is 0 Å². The first kappa shape index (κ1) is 9.96. The summed E-state index contributed by atoms with van der Waals surface area (Å²) < 4.78 is 13.6. The number of aliphatic hydroxyl groups excluding tert-OH is 1. The highest BCUT2D eigenvalue weighted by atomic mass is 79.9. The van der Waals surface area contributed by atoms with Crippen LogP contribution in [0.2, 0.25) is 5.02 Å². The van der Waals surface area contributed by atoms with E-state index in [1.54, 1.807) is 0 Å². The van der Waals surface area contributed by atoms with E-state index in [1.807, 2.05) is 0 Å². The molecule has 66 valence electrons. The van der Waals surface area contributed by atoms with Crippen LogP contribution < -0.4 is 0 Å². The summed E-state index contributed by atoms with van der Waals surface area (Å²) in [6.07, 6.45) is -0.821. The molecule has 1 N–H and O–H groups in total. The van der Waals surface area contributed by atoms with Gasteiger partial charge in [0.1, 0.15) is 5.82 Å². The van der Waals surface area contributed by atoms with Crippen molar-refractivity contribution in [2.24, 2.45) is 0 Å². The quantitative estimate of drug-likeness (QED) is 0.762. The van der Waals surface area contributed by atoms with E-state index >= 15 is 0 Å². The molecule has 0 aliphatic heterocycles. The summed E-state index contributed by atoms with van der Waals surface area (Å²) >= 11 is 8.76. The zero-order valence-corrected chi connectivity index (χ0v) is 8.66. The van der Waals surface area contributed by atoms with Gasteiger partial charge in [0, 0.05) is 10.0 Å². The maximum absolute atomic E-state index is 13.0. The van der Waals surface area contributed by atoms with Crippen molar-refractivity contribution in [2.75, 3.05) is 0 Å². The van der Waals surface area contributed by atoms with Gasteiger partial charge in [-0.15, -0.1) is 0 Å².